The van der Waals surface area contributed by atoms with Crippen molar-refractivity contribution in [2.24, 2.45) is 5.41 Å². The van der Waals surface area contributed by atoms with E-state index in [1.807, 2.05) is 41.3 Å². The van der Waals surface area contributed by atoms with Crippen molar-refractivity contribution in [3.8, 4) is 5.75 Å². The number of piperidine rings is 1. The van der Waals surface area contributed by atoms with Crippen molar-refractivity contribution >= 4 is 5.91 Å². The lowest BCUT2D eigenvalue weighted by atomic mass is 9.76. The molecule has 0 radical (unpaired) electrons. The molecule has 0 spiro atoms. The van der Waals surface area contributed by atoms with E-state index in [-0.39, 0.29) is 17.9 Å². The fraction of sp³-hybridized carbons (Fsp3) is 0.435. The van der Waals surface area contributed by atoms with Crippen molar-refractivity contribution < 1.29 is 14.6 Å². The number of carbonyl (C=O) groups is 1. The maximum Gasteiger partial charge on any atom is 0.257 e. The first kappa shape index (κ1) is 18.1. The van der Waals surface area contributed by atoms with Crippen LogP contribution in [0.4, 0.5) is 0 Å². The van der Waals surface area contributed by atoms with E-state index in [0.717, 1.165) is 50.0 Å². The largest absolute Gasteiger partial charge is 0.492 e. The van der Waals surface area contributed by atoms with Crippen LogP contribution in [0.3, 0.4) is 0 Å². The third kappa shape index (κ3) is 3.72. The number of carbonyl (C=O) groups excluding carboxylic acids is 1. The van der Waals surface area contributed by atoms with Crippen molar-refractivity contribution in [2.75, 3.05) is 26.3 Å². The SMILES string of the molecule is O=C(c1cccc2c1OCC2)N1CCC[C@@](CO)(CCc2ccccc2)C1. The smallest absolute Gasteiger partial charge is 0.257 e. The lowest BCUT2D eigenvalue weighted by Crippen LogP contribution is -2.48. The molecular formula is C23H27NO3. The first-order valence-electron chi connectivity index (χ1n) is 9.90. The van der Waals surface area contributed by atoms with E-state index in [1.165, 1.54) is 5.56 Å². The van der Waals surface area contributed by atoms with Gasteiger partial charge in [-0.1, -0.05) is 42.5 Å². The number of benzene rings is 2. The summed E-state index contributed by atoms with van der Waals surface area (Å²) in [4.78, 5) is 15.1. The summed E-state index contributed by atoms with van der Waals surface area (Å²) in [5.74, 6) is 0.790. The van der Waals surface area contributed by atoms with Crippen molar-refractivity contribution in [3.05, 3.63) is 65.2 Å². The van der Waals surface area contributed by atoms with Gasteiger partial charge in [0.2, 0.25) is 0 Å². The van der Waals surface area contributed by atoms with Gasteiger partial charge in [-0.25, -0.2) is 0 Å². The zero-order chi connectivity index (χ0) is 18.7. The van der Waals surface area contributed by atoms with Gasteiger partial charge in [-0.05, 0) is 42.9 Å². The van der Waals surface area contributed by atoms with E-state index in [2.05, 4.69) is 12.1 Å². The number of likely N-dealkylation sites (tertiary alicyclic amines) is 1. The van der Waals surface area contributed by atoms with Crippen LogP contribution in [-0.4, -0.2) is 42.2 Å². The number of amides is 1. The average molecular weight is 365 g/mol. The second-order valence-corrected chi connectivity index (χ2v) is 7.87. The minimum absolute atomic E-state index is 0.0333. The highest BCUT2D eigenvalue weighted by atomic mass is 16.5. The minimum atomic E-state index is -0.220. The molecule has 1 atom stereocenters. The van der Waals surface area contributed by atoms with Crippen molar-refractivity contribution in [3.63, 3.8) is 0 Å². The molecule has 1 fully saturated rings. The molecule has 0 saturated carbocycles. The van der Waals surface area contributed by atoms with Crippen LogP contribution in [0, 0.1) is 5.41 Å². The molecule has 4 nitrogen and oxygen atoms in total. The summed E-state index contributed by atoms with van der Waals surface area (Å²) < 4.78 is 5.73. The van der Waals surface area contributed by atoms with Gasteiger partial charge < -0.3 is 14.7 Å². The predicted octanol–water partition coefficient (Wildman–Crippen LogP) is 3.47. The summed E-state index contributed by atoms with van der Waals surface area (Å²) in [5.41, 5.74) is 2.85. The van der Waals surface area contributed by atoms with Crippen LogP contribution >= 0.6 is 0 Å². The van der Waals surface area contributed by atoms with E-state index >= 15 is 0 Å². The Morgan fingerprint density at radius 1 is 1.15 bits per heavy atom. The summed E-state index contributed by atoms with van der Waals surface area (Å²) in [5, 5.41) is 10.2. The Bertz CT molecular complexity index is 805. The molecule has 27 heavy (non-hydrogen) atoms. The van der Waals surface area contributed by atoms with Gasteiger partial charge in [0.1, 0.15) is 5.75 Å². The fourth-order valence-electron chi connectivity index (χ4n) is 4.40. The van der Waals surface area contributed by atoms with Gasteiger partial charge in [-0.3, -0.25) is 4.79 Å². The summed E-state index contributed by atoms with van der Waals surface area (Å²) in [6.07, 6.45) is 4.57. The first-order valence-corrected chi connectivity index (χ1v) is 9.90. The van der Waals surface area contributed by atoms with Crippen LogP contribution in [0.25, 0.3) is 0 Å². The molecule has 4 heteroatoms. The molecular weight excluding hydrogens is 338 g/mol. The lowest BCUT2D eigenvalue weighted by Gasteiger charge is -2.42. The molecule has 1 saturated heterocycles. The van der Waals surface area contributed by atoms with E-state index < -0.39 is 0 Å². The number of para-hydroxylation sites is 1. The molecule has 2 aliphatic rings. The average Bonchev–Trinajstić information content (AvgIpc) is 3.22. The molecule has 1 N–H and O–H groups in total. The standard InChI is InChI=1S/C23H27NO3/c25-17-23(13-10-18-6-2-1-3-7-18)12-5-14-24(16-23)22(26)20-9-4-8-19-11-15-27-21(19)20/h1-4,6-9,25H,5,10-17H2/t23-/m1/s1. The lowest BCUT2D eigenvalue weighted by molar-refractivity contribution is 0.0226. The Hall–Kier alpha value is -2.33. The van der Waals surface area contributed by atoms with E-state index in [0.29, 0.717) is 18.7 Å². The van der Waals surface area contributed by atoms with Gasteiger partial charge >= 0.3 is 0 Å². The Balaban J connectivity index is 1.49. The summed E-state index contributed by atoms with van der Waals surface area (Å²) in [6.45, 7) is 2.12. The summed E-state index contributed by atoms with van der Waals surface area (Å²) >= 11 is 0. The fourth-order valence-corrected chi connectivity index (χ4v) is 4.40. The van der Waals surface area contributed by atoms with Crippen LogP contribution in [0.1, 0.15) is 40.7 Å². The molecule has 0 bridgehead atoms. The van der Waals surface area contributed by atoms with Crippen LogP contribution < -0.4 is 4.74 Å². The maximum atomic E-state index is 13.2. The zero-order valence-electron chi connectivity index (χ0n) is 15.7. The first-order chi connectivity index (χ1) is 13.2. The number of aliphatic hydroxyl groups is 1. The van der Waals surface area contributed by atoms with Crippen LogP contribution in [-0.2, 0) is 12.8 Å². The second-order valence-electron chi connectivity index (χ2n) is 7.87. The van der Waals surface area contributed by atoms with Gasteiger partial charge in [0.05, 0.1) is 18.8 Å². The third-order valence-corrected chi connectivity index (χ3v) is 6.02. The number of hydrogen-bond acceptors (Lipinski definition) is 3. The summed E-state index contributed by atoms with van der Waals surface area (Å²) in [6, 6.07) is 16.2. The number of rotatable bonds is 5. The van der Waals surface area contributed by atoms with Gasteiger partial charge in [-0.2, -0.15) is 0 Å². The number of ether oxygens (including phenoxy) is 1. The molecule has 0 aliphatic carbocycles. The number of hydrogen-bond donors (Lipinski definition) is 1. The number of nitrogens with zero attached hydrogens (tertiary/aromatic N) is 1. The maximum absolute atomic E-state index is 13.2. The molecule has 2 aromatic rings. The van der Waals surface area contributed by atoms with Gasteiger partial charge in [0.25, 0.3) is 5.91 Å². The van der Waals surface area contributed by atoms with E-state index in [9.17, 15) is 9.90 Å². The Labute approximate surface area is 160 Å². The molecule has 0 unspecified atom stereocenters. The Morgan fingerprint density at radius 2 is 2.00 bits per heavy atom. The number of fused-ring (bicyclic) bond motifs is 1. The van der Waals surface area contributed by atoms with E-state index in [4.69, 9.17) is 4.74 Å². The zero-order valence-corrected chi connectivity index (χ0v) is 15.7. The molecule has 2 aromatic carbocycles. The van der Waals surface area contributed by atoms with E-state index in [1.54, 1.807) is 0 Å². The normalized spacial score (nSPS) is 21.6. The molecule has 142 valence electrons. The summed E-state index contributed by atoms with van der Waals surface area (Å²) in [7, 11) is 0. The highest BCUT2D eigenvalue weighted by molar-refractivity contribution is 5.97. The van der Waals surface area contributed by atoms with Gasteiger partial charge in [0.15, 0.2) is 0 Å². The number of aliphatic hydroxyl groups excluding tert-OH is 1. The molecule has 0 aromatic heterocycles. The van der Waals surface area contributed by atoms with Crippen LogP contribution in [0.2, 0.25) is 0 Å². The quantitative estimate of drug-likeness (QED) is 0.883. The molecule has 4 rings (SSSR count). The number of aryl methyl sites for hydroxylation is 1. The second kappa shape index (κ2) is 7.73. The minimum Gasteiger partial charge on any atom is -0.492 e. The third-order valence-electron chi connectivity index (χ3n) is 6.02. The van der Waals surface area contributed by atoms with Crippen molar-refractivity contribution in [1.82, 2.24) is 4.90 Å². The molecule has 2 heterocycles. The Kier molecular flexibility index (Phi) is 5.17. The highest BCUT2D eigenvalue weighted by Crippen LogP contribution is 2.36. The molecule has 2 aliphatic heterocycles. The topological polar surface area (TPSA) is 49.8 Å². The highest BCUT2D eigenvalue weighted by Gasteiger charge is 2.37. The Morgan fingerprint density at radius 3 is 2.81 bits per heavy atom. The van der Waals surface area contributed by atoms with Gasteiger partial charge in [0, 0.05) is 24.9 Å². The monoisotopic (exact) mass is 365 g/mol. The van der Waals surface area contributed by atoms with Gasteiger partial charge in [-0.15, -0.1) is 0 Å². The van der Waals surface area contributed by atoms with Crippen LogP contribution in [0.5, 0.6) is 5.75 Å². The van der Waals surface area contributed by atoms with Crippen molar-refractivity contribution in [2.45, 2.75) is 32.1 Å². The van der Waals surface area contributed by atoms with Crippen molar-refractivity contribution in [1.29, 1.82) is 0 Å². The predicted molar refractivity (Wildman–Crippen MR) is 105 cm³/mol. The molecule has 1 amide bonds. The van der Waals surface area contributed by atoms with Crippen LogP contribution in [0.15, 0.2) is 48.5 Å².